The Kier molecular flexibility index (Phi) is 4.55. The molecular weight excluding hydrogens is 294 g/mol. The van der Waals surface area contributed by atoms with Crippen molar-refractivity contribution in [3.8, 4) is 17.2 Å². The van der Waals surface area contributed by atoms with Crippen LogP contribution in [0.25, 0.3) is 0 Å². The molecule has 0 aliphatic heterocycles. The molecule has 2 rings (SSSR count). The number of halogens is 1. The van der Waals surface area contributed by atoms with Crippen LogP contribution in [-0.4, -0.2) is 23.2 Å². The molecule has 0 radical (unpaired) electrons. The first-order chi connectivity index (χ1) is 9.99. The van der Waals surface area contributed by atoms with Crippen molar-refractivity contribution in [1.82, 2.24) is 0 Å². The molecule has 0 spiro atoms. The molecule has 0 saturated carbocycles. The highest BCUT2D eigenvalue weighted by atomic mass is 35.5. The maximum Gasteiger partial charge on any atom is 0.228 e. The van der Waals surface area contributed by atoms with Gasteiger partial charge < -0.3 is 20.3 Å². The SMILES string of the molecule is COc1ccc(NC(=O)Cc2ccc(O)c(O)c2)cc1Cl. The number of carbonyl (C=O) groups excluding carboxylic acids is 1. The summed E-state index contributed by atoms with van der Waals surface area (Å²) < 4.78 is 5.03. The summed E-state index contributed by atoms with van der Waals surface area (Å²) in [5.41, 5.74) is 1.14. The monoisotopic (exact) mass is 307 g/mol. The third kappa shape index (κ3) is 3.79. The van der Waals surface area contributed by atoms with Crippen molar-refractivity contribution in [2.24, 2.45) is 0 Å². The molecule has 0 atom stereocenters. The van der Waals surface area contributed by atoms with Crippen molar-refractivity contribution in [3.63, 3.8) is 0 Å². The number of rotatable bonds is 4. The highest BCUT2D eigenvalue weighted by Crippen LogP contribution is 2.28. The second-order valence-corrected chi connectivity index (χ2v) is 4.80. The van der Waals surface area contributed by atoms with Gasteiger partial charge in [-0.25, -0.2) is 0 Å². The van der Waals surface area contributed by atoms with E-state index in [9.17, 15) is 15.0 Å². The Morgan fingerprint density at radius 2 is 1.95 bits per heavy atom. The first-order valence-corrected chi connectivity index (χ1v) is 6.51. The van der Waals surface area contributed by atoms with Crippen molar-refractivity contribution in [2.75, 3.05) is 12.4 Å². The van der Waals surface area contributed by atoms with E-state index in [1.54, 1.807) is 24.3 Å². The number of phenolic OH excluding ortho intramolecular Hbond substituents is 2. The van der Waals surface area contributed by atoms with Crippen LogP contribution in [0.1, 0.15) is 5.56 Å². The van der Waals surface area contributed by atoms with Crippen LogP contribution < -0.4 is 10.1 Å². The van der Waals surface area contributed by atoms with Gasteiger partial charge in [-0.3, -0.25) is 4.79 Å². The van der Waals surface area contributed by atoms with Crippen LogP contribution in [0.3, 0.4) is 0 Å². The van der Waals surface area contributed by atoms with Gasteiger partial charge in [-0.2, -0.15) is 0 Å². The Hall–Kier alpha value is -2.40. The van der Waals surface area contributed by atoms with E-state index in [4.69, 9.17) is 16.3 Å². The second kappa shape index (κ2) is 6.37. The maximum atomic E-state index is 11.9. The molecule has 0 aromatic heterocycles. The maximum absolute atomic E-state index is 11.9. The number of benzene rings is 2. The fraction of sp³-hybridized carbons (Fsp3) is 0.133. The fourth-order valence-electron chi connectivity index (χ4n) is 1.81. The summed E-state index contributed by atoms with van der Waals surface area (Å²) in [7, 11) is 1.51. The van der Waals surface area contributed by atoms with E-state index in [-0.39, 0.29) is 23.8 Å². The number of hydrogen-bond donors (Lipinski definition) is 3. The Morgan fingerprint density at radius 1 is 1.19 bits per heavy atom. The number of anilines is 1. The Bertz CT molecular complexity index is 673. The lowest BCUT2D eigenvalue weighted by atomic mass is 10.1. The summed E-state index contributed by atoms with van der Waals surface area (Å²) in [6.45, 7) is 0. The molecule has 0 unspecified atom stereocenters. The van der Waals surface area contributed by atoms with Crippen LogP contribution >= 0.6 is 11.6 Å². The summed E-state index contributed by atoms with van der Waals surface area (Å²) in [5.74, 6) is -0.215. The molecular formula is C15H14ClNO4. The summed E-state index contributed by atoms with van der Waals surface area (Å²) in [6.07, 6.45) is 0.0670. The zero-order chi connectivity index (χ0) is 15.4. The first-order valence-electron chi connectivity index (χ1n) is 6.14. The largest absolute Gasteiger partial charge is 0.504 e. The molecule has 3 N–H and O–H groups in total. The molecule has 6 heteroatoms. The second-order valence-electron chi connectivity index (χ2n) is 4.40. The van der Waals surface area contributed by atoms with Crippen molar-refractivity contribution in [1.29, 1.82) is 0 Å². The van der Waals surface area contributed by atoms with E-state index in [0.29, 0.717) is 22.0 Å². The van der Waals surface area contributed by atoms with Crippen LogP contribution in [-0.2, 0) is 11.2 Å². The van der Waals surface area contributed by atoms with Gasteiger partial charge in [-0.05, 0) is 35.9 Å². The van der Waals surface area contributed by atoms with Crippen molar-refractivity contribution < 1.29 is 19.7 Å². The minimum absolute atomic E-state index is 0.0670. The van der Waals surface area contributed by atoms with Gasteiger partial charge in [0.1, 0.15) is 5.75 Å². The van der Waals surface area contributed by atoms with E-state index < -0.39 is 0 Å². The van der Waals surface area contributed by atoms with Gasteiger partial charge in [0.05, 0.1) is 18.6 Å². The Balaban J connectivity index is 2.04. The molecule has 2 aromatic carbocycles. The third-order valence-electron chi connectivity index (χ3n) is 2.84. The van der Waals surface area contributed by atoms with E-state index in [2.05, 4.69) is 5.32 Å². The molecule has 2 aromatic rings. The molecule has 0 bridgehead atoms. The third-order valence-corrected chi connectivity index (χ3v) is 3.14. The van der Waals surface area contributed by atoms with Gasteiger partial charge >= 0.3 is 0 Å². The number of hydrogen-bond acceptors (Lipinski definition) is 4. The van der Waals surface area contributed by atoms with Crippen LogP contribution in [0.5, 0.6) is 17.2 Å². The van der Waals surface area contributed by atoms with Gasteiger partial charge in [0, 0.05) is 5.69 Å². The molecule has 0 aliphatic carbocycles. The molecule has 0 fully saturated rings. The van der Waals surface area contributed by atoms with Crippen molar-refractivity contribution >= 4 is 23.2 Å². The average molecular weight is 308 g/mol. The standard InChI is InChI=1S/C15H14ClNO4/c1-21-14-5-3-10(8-11(14)16)17-15(20)7-9-2-4-12(18)13(19)6-9/h2-6,8,18-19H,7H2,1H3,(H,17,20). The van der Waals surface area contributed by atoms with Crippen LogP contribution in [0.4, 0.5) is 5.69 Å². The molecule has 5 nitrogen and oxygen atoms in total. The van der Waals surface area contributed by atoms with E-state index in [1.807, 2.05) is 0 Å². The average Bonchev–Trinajstić information content (AvgIpc) is 2.43. The number of ether oxygens (including phenoxy) is 1. The molecule has 0 saturated heterocycles. The van der Waals surface area contributed by atoms with Gasteiger partial charge in [0.15, 0.2) is 11.5 Å². The quantitative estimate of drug-likeness (QED) is 0.759. The van der Waals surface area contributed by atoms with Crippen LogP contribution in [0.15, 0.2) is 36.4 Å². The first kappa shape index (κ1) is 15.0. The molecule has 0 heterocycles. The zero-order valence-electron chi connectivity index (χ0n) is 11.3. The lowest BCUT2D eigenvalue weighted by Crippen LogP contribution is -2.14. The lowest BCUT2D eigenvalue weighted by molar-refractivity contribution is -0.115. The normalized spacial score (nSPS) is 10.2. The highest BCUT2D eigenvalue weighted by molar-refractivity contribution is 6.32. The molecule has 21 heavy (non-hydrogen) atoms. The highest BCUT2D eigenvalue weighted by Gasteiger charge is 2.08. The van der Waals surface area contributed by atoms with Gasteiger partial charge in [-0.1, -0.05) is 17.7 Å². The number of amides is 1. The number of aromatic hydroxyl groups is 2. The molecule has 0 aliphatic rings. The summed E-state index contributed by atoms with van der Waals surface area (Å²) in [6, 6.07) is 9.17. The van der Waals surface area contributed by atoms with Crippen molar-refractivity contribution in [3.05, 3.63) is 47.0 Å². The molecule has 1 amide bonds. The summed E-state index contributed by atoms with van der Waals surface area (Å²) >= 11 is 5.97. The predicted molar refractivity (Wildman–Crippen MR) is 80.1 cm³/mol. The van der Waals surface area contributed by atoms with Gasteiger partial charge in [0.25, 0.3) is 0 Å². The number of nitrogens with one attached hydrogen (secondary N) is 1. The number of methoxy groups -OCH3 is 1. The van der Waals surface area contributed by atoms with E-state index in [0.717, 1.165) is 0 Å². The van der Waals surface area contributed by atoms with E-state index in [1.165, 1.54) is 19.2 Å². The number of carbonyl (C=O) groups is 1. The number of phenols is 2. The topological polar surface area (TPSA) is 78.8 Å². The minimum atomic E-state index is -0.263. The van der Waals surface area contributed by atoms with Gasteiger partial charge in [0.2, 0.25) is 5.91 Å². The van der Waals surface area contributed by atoms with Crippen LogP contribution in [0, 0.1) is 0 Å². The predicted octanol–water partition coefficient (Wildman–Crippen LogP) is 2.94. The zero-order valence-corrected chi connectivity index (χ0v) is 12.0. The van der Waals surface area contributed by atoms with E-state index >= 15 is 0 Å². The molecule has 110 valence electrons. The van der Waals surface area contributed by atoms with Crippen molar-refractivity contribution in [2.45, 2.75) is 6.42 Å². The Labute approximate surface area is 126 Å². The smallest absolute Gasteiger partial charge is 0.228 e. The minimum Gasteiger partial charge on any atom is -0.504 e. The summed E-state index contributed by atoms with van der Waals surface area (Å²) in [5, 5.41) is 21.7. The lowest BCUT2D eigenvalue weighted by Gasteiger charge is -2.08. The summed E-state index contributed by atoms with van der Waals surface area (Å²) in [4.78, 5) is 11.9. The fourth-order valence-corrected chi connectivity index (χ4v) is 2.07. The van der Waals surface area contributed by atoms with Gasteiger partial charge in [-0.15, -0.1) is 0 Å². The van der Waals surface area contributed by atoms with Crippen LogP contribution in [0.2, 0.25) is 5.02 Å². The Morgan fingerprint density at radius 3 is 2.57 bits per heavy atom.